The predicted molar refractivity (Wildman–Crippen MR) is 162 cm³/mol. The third-order valence-electron chi connectivity index (χ3n) is 7.65. The molecule has 38 heavy (non-hydrogen) atoms. The first-order valence-corrected chi connectivity index (χ1v) is 16.7. The van der Waals surface area contributed by atoms with Gasteiger partial charge >= 0.3 is 11.9 Å². The number of hydrogen-bond donors (Lipinski definition) is 0. The highest BCUT2D eigenvalue weighted by Gasteiger charge is 2.13. The summed E-state index contributed by atoms with van der Waals surface area (Å²) in [5.41, 5.74) is 0. The fraction of sp³-hybridized carbons (Fsp3) is 0.941. The highest BCUT2D eigenvalue weighted by Crippen LogP contribution is 2.20. The quantitative estimate of drug-likeness (QED) is 0.0734. The summed E-state index contributed by atoms with van der Waals surface area (Å²) >= 11 is 0. The van der Waals surface area contributed by atoms with Crippen molar-refractivity contribution in [3.63, 3.8) is 0 Å². The van der Waals surface area contributed by atoms with Gasteiger partial charge in [-0.25, -0.2) is 0 Å². The molecule has 4 nitrogen and oxygen atoms in total. The molecule has 0 heterocycles. The molecule has 0 aliphatic rings. The number of rotatable bonds is 28. The predicted octanol–water partition coefficient (Wildman–Crippen LogP) is 10.6. The van der Waals surface area contributed by atoms with Crippen molar-refractivity contribution < 1.29 is 19.1 Å². The van der Waals surface area contributed by atoms with Gasteiger partial charge in [-0.15, -0.1) is 0 Å². The van der Waals surface area contributed by atoms with Crippen LogP contribution in [0.2, 0.25) is 0 Å². The van der Waals surface area contributed by atoms with Gasteiger partial charge in [-0.05, 0) is 56.3 Å². The second-order valence-corrected chi connectivity index (χ2v) is 12.5. The topological polar surface area (TPSA) is 52.6 Å². The molecule has 0 aliphatic carbocycles. The summed E-state index contributed by atoms with van der Waals surface area (Å²) in [6.45, 7) is 12.3. The third-order valence-corrected chi connectivity index (χ3v) is 7.65. The van der Waals surface area contributed by atoms with Crippen LogP contribution in [0.15, 0.2) is 0 Å². The van der Waals surface area contributed by atoms with Gasteiger partial charge in [-0.2, -0.15) is 0 Å². The van der Waals surface area contributed by atoms with Gasteiger partial charge in [0.15, 0.2) is 0 Å². The van der Waals surface area contributed by atoms with Crippen molar-refractivity contribution in [1.82, 2.24) is 0 Å². The van der Waals surface area contributed by atoms with Gasteiger partial charge in [0.25, 0.3) is 0 Å². The molecule has 1 unspecified atom stereocenters. The monoisotopic (exact) mass is 538 g/mol. The van der Waals surface area contributed by atoms with E-state index in [1.54, 1.807) is 0 Å². The van der Waals surface area contributed by atoms with Crippen LogP contribution < -0.4 is 0 Å². The van der Waals surface area contributed by atoms with E-state index in [4.69, 9.17) is 9.47 Å². The second kappa shape index (κ2) is 27.5. The first-order chi connectivity index (χ1) is 18.3. The first kappa shape index (κ1) is 36.9. The Morgan fingerprint density at radius 2 is 0.895 bits per heavy atom. The van der Waals surface area contributed by atoms with Gasteiger partial charge in [0.2, 0.25) is 0 Å². The molecule has 0 fully saturated rings. The van der Waals surface area contributed by atoms with E-state index < -0.39 is 0 Å². The molecule has 0 aromatic heterocycles. The van der Waals surface area contributed by atoms with Gasteiger partial charge in [-0.3, -0.25) is 9.59 Å². The number of hydrogen-bond acceptors (Lipinski definition) is 4. The molecule has 0 rings (SSSR count). The lowest BCUT2D eigenvalue weighted by Gasteiger charge is -2.14. The van der Waals surface area contributed by atoms with Crippen LogP contribution in [0.3, 0.4) is 0 Å². The van der Waals surface area contributed by atoms with Crippen LogP contribution >= 0.6 is 0 Å². The van der Waals surface area contributed by atoms with Crippen molar-refractivity contribution in [3.8, 4) is 0 Å². The maximum Gasteiger partial charge on any atom is 0.306 e. The van der Waals surface area contributed by atoms with E-state index in [2.05, 4.69) is 34.6 Å². The van der Waals surface area contributed by atoms with Gasteiger partial charge in [0.05, 0.1) is 13.2 Å². The summed E-state index contributed by atoms with van der Waals surface area (Å²) in [7, 11) is 0. The SMILES string of the molecule is CCC(CCCCCCCCCCCCCCC(=O)OCCCCC(C)C)CC(=O)OCCCCC(C)C. The van der Waals surface area contributed by atoms with Crippen molar-refractivity contribution >= 4 is 11.9 Å². The fourth-order valence-corrected chi connectivity index (χ4v) is 4.97. The van der Waals surface area contributed by atoms with E-state index in [0.29, 0.717) is 32.0 Å². The number of esters is 2. The van der Waals surface area contributed by atoms with Crippen LogP contribution in [0.4, 0.5) is 0 Å². The maximum absolute atomic E-state index is 12.1. The Kier molecular flexibility index (Phi) is 26.7. The lowest BCUT2D eigenvalue weighted by molar-refractivity contribution is -0.145. The summed E-state index contributed by atoms with van der Waals surface area (Å²) in [6, 6.07) is 0. The molecule has 0 spiro atoms. The largest absolute Gasteiger partial charge is 0.466 e. The van der Waals surface area contributed by atoms with Gasteiger partial charge in [0.1, 0.15) is 0 Å². The smallest absolute Gasteiger partial charge is 0.306 e. The van der Waals surface area contributed by atoms with E-state index in [1.165, 1.54) is 77.0 Å². The maximum atomic E-state index is 12.1. The average molecular weight is 539 g/mol. The summed E-state index contributed by atoms with van der Waals surface area (Å²) in [5, 5.41) is 0. The van der Waals surface area contributed by atoms with Crippen molar-refractivity contribution in [2.75, 3.05) is 13.2 Å². The molecule has 0 saturated heterocycles. The number of carbonyl (C=O) groups excluding carboxylic acids is 2. The minimum absolute atomic E-state index is 0.00630. The van der Waals surface area contributed by atoms with Gasteiger partial charge in [-0.1, -0.05) is 125 Å². The number of unbranched alkanes of at least 4 members (excludes halogenated alkanes) is 13. The lowest BCUT2D eigenvalue weighted by atomic mass is 9.95. The molecule has 0 radical (unpaired) electrons. The molecular formula is C34H66O4. The van der Waals surface area contributed by atoms with Crippen molar-refractivity contribution in [3.05, 3.63) is 0 Å². The molecule has 0 aliphatic heterocycles. The molecule has 0 amide bonds. The lowest BCUT2D eigenvalue weighted by Crippen LogP contribution is -2.12. The van der Waals surface area contributed by atoms with Crippen molar-refractivity contribution in [2.24, 2.45) is 17.8 Å². The zero-order valence-corrected chi connectivity index (χ0v) is 26.3. The van der Waals surface area contributed by atoms with E-state index in [0.717, 1.165) is 63.2 Å². The van der Waals surface area contributed by atoms with Gasteiger partial charge in [0, 0.05) is 12.8 Å². The normalized spacial score (nSPS) is 12.3. The number of carbonyl (C=O) groups is 2. The summed E-state index contributed by atoms with van der Waals surface area (Å²) < 4.78 is 10.8. The van der Waals surface area contributed by atoms with Crippen LogP contribution in [-0.2, 0) is 19.1 Å². The standard InChI is InChI=1S/C34H66O4/c1-6-32(29-34(36)38-28-22-20-24-31(4)5)25-17-15-13-11-9-7-8-10-12-14-16-18-26-33(35)37-27-21-19-23-30(2)3/h30-32H,6-29H2,1-5H3. The van der Waals surface area contributed by atoms with E-state index >= 15 is 0 Å². The van der Waals surface area contributed by atoms with Crippen LogP contribution in [-0.4, -0.2) is 25.2 Å². The van der Waals surface area contributed by atoms with Crippen LogP contribution in [0.25, 0.3) is 0 Å². The average Bonchev–Trinajstić information content (AvgIpc) is 2.87. The van der Waals surface area contributed by atoms with E-state index in [1.807, 2.05) is 0 Å². The van der Waals surface area contributed by atoms with Crippen molar-refractivity contribution in [1.29, 1.82) is 0 Å². The van der Waals surface area contributed by atoms with Crippen LogP contribution in [0.1, 0.15) is 176 Å². The second-order valence-electron chi connectivity index (χ2n) is 12.5. The minimum Gasteiger partial charge on any atom is -0.466 e. The minimum atomic E-state index is -0.00910. The molecular weight excluding hydrogens is 472 g/mol. The molecule has 0 aromatic rings. The summed E-state index contributed by atoms with van der Waals surface area (Å²) in [5.74, 6) is 1.95. The highest BCUT2D eigenvalue weighted by atomic mass is 16.5. The Hall–Kier alpha value is -1.06. The molecule has 0 aromatic carbocycles. The molecule has 0 N–H and O–H groups in total. The Balaban J connectivity index is 3.41. The Morgan fingerprint density at radius 3 is 1.34 bits per heavy atom. The Bertz CT molecular complexity index is 529. The van der Waals surface area contributed by atoms with Crippen molar-refractivity contribution in [2.45, 2.75) is 176 Å². The zero-order valence-electron chi connectivity index (χ0n) is 26.3. The fourth-order valence-electron chi connectivity index (χ4n) is 4.97. The molecule has 4 heteroatoms. The number of ether oxygens (including phenoxy) is 2. The highest BCUT2D eigenvalue weighted by molar-refractivity contribution is 5.69. The zero-order chi connectivity index (χ0) is 28.3. The summed E-state index contributed by atoms with van der Waals surface area (Å²) in [4.78, 5) is 23.9. The van der Waals surface area contributed by atoms with Gasteiger partial charge < -0.3 is 9.47 Å². The Morgan fingerprint density at radius 1 is 0.500 bits per heavy atom. The molecule has 0 bridgehead atoms. The van der Waals surface area contributed by atoms with Crippen LogP contribution in [0.5, 0.6) is 0 Å². The molecule has 0 saturated carbocycles. The molecule has 1 atom stereocenters. The van der Waals surface area contributed by atoms with Crippen LogP contribution in [0, 0.1) is 17.8 Å². The Labute approximate surface area is 237 Å². The summed E-state index contributed by atoms with van der Waals surface area (Å²) in [6.07, 6.45) is 25.4. The first-order valence-electron chi connectivity index (χ1n) is 16.7. The third kappa shape index (κ3) is 28.0. The van der Waals surface area contributed by atoms with E-state index in [-0.39, 0.29) is 11.9 Å². The van der Waals surface area contributed by atoms with E-state index in [9.17, 15) is 9.59 Å². The molecule has 226 valence electrons.